The Morgan fingerprint density at radius 2 is 2.17 bits per heavy atom. The maximum atomic E-state index is 13.3. The van der Waals surface area contributed by atoms with Gasteiger partial charge in [0.15, 0.2) is 17.5 Å². The summed E-state index contributed by atoms with van der Waals surface area (Å²) in [6.07, 6.45) is 5.98. The molecule has 0 saturated carbocycles. The molecule has 0 aliphatic rings. The highest BCUT2D eigenvalue weighted by atomic mass is 19.1. The predicted molar refractivity (Wildman–Crippen MR) is 64.4 cm³/mol. The van der Waals surface area contributed by atoms with Crippen LogP contribution in [0.1, 0.15) is 0 Å². The summed E-state index contributed by atoms with van der Waals surface area (Å²) in [6, 6.07) is 0. The minimum absolute atomic E-state index is 0.159. The van der Waals surface area contributed by atoms with E-state index in [2.05, 4.69) is 30.2 Å². The number of fused-ring (bicyclic) bond motifs is 1. The van der Waals surface area contributed by atoms with E-state index in [1.807, 2.05) is 0 Å². The van der Waals surface area contributed by atoms with Crippen LogP contribution in [0.2, 0.25) is 0 Å². The average Bonchev–Trinajstić information content (AvgIpc) is 2.83. The van der Waals surface area contributed by atoms with Gasteiger partial charge in [0.05, 0.1) is 6.20 Å². The second-order valence-electron chi connectivity index (χ2n) is 3.63. The fraction of sp³-hybridized carbons (Fsp3) is 0.0909. The molecule has 7 heteroatoms. The van der Waals surface area contributed by atoms with Crippen molar-refractivity contribution in [2.45, 2.75) is 0 Å². The molecule has 18 heavy (non-hydrogen) atoms. The molecular weight excluding hydrogens is 235 g/mol. The number of rotatable bonds is 2. The van der Waals surface area contributed by atoms with Gasteiger partial charge in [0.1, 0.15) is 12.0 Å². The molecule has 0 aliphatic carbocycles. The van der Waals surface area contributed by atoms with Crippen molar-refractivity contribution in [3.8, 4) is 11.4 Å². The van der Waals surface area contributed by atoms with Crippen LogP contribution in [0.4, 0.5) is 10.2 Å². The first-order valence-corrected chi connectivity index (χ1v) is 5.27. The van der Waals surface area contributed by atoms with Gasteiger partial charge in [0, 0.05) is 30.4 Å². The molecule has 0 aliphatic heterocycles. The van der Waals surface area contributed by atoms with Crippen LogP contribution in [0.25, 0.3) is 22.4 Å². The lowest BCUT2D eigenvalue weighted by Crippen LogP contribution is -1.99. The Morgan fingerprint density at radius 3 is 3.00 bits per heavy atom. The van der Waals surface area contributed by atoms with Gasteiger partial charge in [-0.05, 0) is 0 Å². The molecule has 0 saturated heterocycles. The van der Waals surface area contributed by atoms with Crippen LogP contribution < -0.4 is 5.32 Å². The van der Waals surface area contributed by atoms with Crippen LogP contribution >= 0.6 is 0 Å². The number of nitrogens with zero attached hydrogens (tertiary/aromatic N) is 4. The van der Waals surface area contributed by atoms with Gasteiger partial charge in [-0.15, -0.1) is 0 Å². The number of nitrogens with one attached hydrogen (secondary N) is 2. The summed E-state index contributed by atoms with van der Waals surface area (Å²) in [5, 5.41) is 3.48. The first-order valence-electron chi connectivity index (χ1n) is 5.27. The van der Waals surface area contributed by atoms with Gasteiger partial charge >= 0.3 is 0 Å². The monoisotopic (exact) mass is 244 g/mol. The fourth-order valence-electron chi connectivity index (χ4n) is 1.72. The van der Waals surface area contributed by atoms with Gasteiger partial charge in [-0.2, -0.15) is 0 Å². The van der Waals surface area contributed by atoms with E-state index in [4.69, 9.17) is 0 Å². The van der Waals surface area contributed by atoms with Gasteiger partial charge in [0.25, 0.3) is 0 Å². The van der Waals surface area contributed by atoms with Crippen LogP contribution in [0, 0.1) is 5.82 Å². The van der Waals surface area contributed by atoms with Crippen LogP contribution in [0.3, 0.4) is 0 Å². The molecule has 0 amide bonds. The summed E-state index contributed by atoms with van der Waals surface area (Å²) in [4.78, 5) is 19.1. The van der Waals surface area contributed by atoms with Crippen molar-refractivity contribution >= 4 is 16.9 Å². The number of aromatic nitrogens is 5. The molecule has 3 aromatic heterocycles. The molecule has 3 rings (SSSR count). The number of anilines is 1. The van der Waals surface area contributed by atoms with Crippen LogP contribution in [-0.4, -0.2) is 32.0 Å². The number of aromatic amines is 1. The van der Waals surface area contributed by atoms with Crippen molar-refractivity contribution < 1.29 is 4.39 Å². The molecule has 3 aromatic rings. The average molecular weight is 244 g/mol. The molecule has 2 N–H and O–H groups in total. The van der Waals surface area contributed by atoms with Crippen molar-refractivity contribution in [1.29, 1.82) is 0 Å². The van der Waals surface area contributed by atoms with Crippen LogP contribution in [0.5, 0.6) is 0 Å². The lowest BCUT2D eigenvalue weighted by Gasteiger charge is -2.03. The Morgan fingerprint density at radius 1 is 1.28 bits per heavy atom. The Hall–Kier alpha value is -2.57. The summed E-state index contributed by atoms with van der Waals surface area (Å²) < 4.78 is 13.3. The smallest absolute Gasteiger partial charge is 0.183 e. The van der Waals surface area contributed by atoms with E-state index in [1.165, 1.54) is 6.33 Å². The van der Waals surface area contributed by atoms with E-state index in [9.17, 15) is 4.39 Å². The zero-order valence-electron chi connectivity index (χ0n) is 9.48. The maximum absolute atomic E-state index is 13.3. The maximum Gasteiger partial charge on any atom is 0.183 e. The number of hydrogen-bond donors (Lipinski definition) is 2. The molecule has 0 fully saturated rings. The molecular formula is C11H9FN6. The Labute approximate surface area is 101 Å². The second kappa shape index (κ2) is 4.02. The SMILES string of the molecule is CNc1nc(-c2c[nH]c3ncncc23)ncc1F. The molecule has 0 bridgehead atoms. The highest BCUT2D eigenvalue weighted by Crippen LogP contribution is 2.25. The van der Waals surface area contributed by atoms with E-state index >= 15 is 0 Å². The molecule has 90 valence electrons. The van der Waals surface area contributed by atoms with Crippen LogP contribution in [0.15, 0.2) is 24.9 Å². The summed E-state index contributed by atoms with van der Waals surface area (Å²) in [6.45, 7) is 0. The lowest BCUT2D eigenvalue weighted by atomic mass is 10.2. The van der Waals surface area contributed by atoms with E-state index in [-0.39, 0.29) is 5.82 Å². The normalized spacial score (nSPS) is 10.8. The van der Waals surface area contributed by atoms with E-state index in [0.29, 0.717) is 11.5 Å². The second-order valence-corrected chi connectivity index (χ2v) is 3.63. The van der Waals surface area contributed by atoms with E-state index in [0.717, 1.165) is 17.1 Å². The third kappa shape index (κ3) is 1.56. The number of hydrogen-bond acceptors (Lipinski definition) is 5. The first-order chi connectivity index (χ1) is 8.79. The Bertz CT molecular complexity index is 708. The van der Waals surface area contributed by atoms with E-state index in [1.54, 1.807) is 19.4 Å². The van der Waals surface area contributed by atoms with Gasteiger partial charge < -0.3 is 10.3 Å². The first kappa shape index (κ1) is 10.6. The largest absolute Gasteiger partial charge is 0.371 e. The van der Waals surface area contributed by atoms with Gasteiger partial charge in [-0.1, -0.05) is 0 Å². The number of halogens is 1. The molecule has 0 spiro atoms. The third-order valence-electron chi connectivity index (χ3n) is 2.58. The molecule has 0 radical (unpaired) electrons. The quantitative estimate of drug-likeness (QED) is 0.715. The molecule has 6 nitrogen and oxygen atoms in total. The van der Waals surface area contributed by atoms with E-state index < -0.39 is 5.82 Å². The van der Waals surface area contributed by atoms with Crippen molar-refractivity contribution in [2.24, 2.45) is 0 Å². The Balaban J connectivity index is 2.20. The number of H-pyrrole nitrogens is 1. The van der Waals surface area contributed by atoms with Crippen molar-refractivity contribution in [3.05, 3.63) is 30.7 Å². The molecule has 0 aromatic carbocycles. The Kier molecular flexibility index (Phi) is 2.36. The summed E-state index contributed by atoms with van der Waals surface area (Å²) in [5.41, 5.74) is 1.43. The predicted octanol–water partition coefficient (Wildman–Crippen LogP) is 1.60. The highest BCUT2D eigenvalue weighted by molar-refractivity contribution is 5.90. The molecule has 0 atom stereocenters. The molecule has 3 heterocycles. The minimum Gasteiger partial charge on any atom is -0.371 e. The summed E-state index contributed by atoms with van der Waals surface area (Å²) >= 11 is 0. The topological polar surface area (TPSA) is 79.4 Å². The van der Waals surface area contributed by atoms with Gasteiger partial charge in [-0.25, -0.2) is 24.3 Å². The van der Waals surface area contributed by atoms with Crippen molar-refractivity contribution in [1.82, 2.24) is 24.9 Å². The summed E-state index contributed by atoms with van der Waals surface area (Å²) in [5.74, 6) is 0.0883. The summed E-state index contributed by atoms with van der Waals surface area (Å²) in [7, 11) is 1.60. The van der Waals surface area contributed by atoms with Crippen molar-refractivity contribution in [2.75, 3.05) is 12.4 Å². The lowest BCUT2D eigenvalue weighted by molar-refractivity contribution is 0.619. The zero-order chi connectivity index (χ0) is 12.5. The van der Waals surface area contributed by atoms with Gasteiger partial charge in [0.2, 0.25) is 0 Å². The zero-order valence-corrected chi connectivity index (χ0v) is 9.48. The van der Waals surface area contributed by atoms with Gasteiger partial charge in [-0.3, -0.25) is 0 Å². The van der Waals surface area contributed by atoms with Crippen LogP contribution in [-0.2, 0) is 0 Å². The fourth-order valence-corrected chi connectivity index (χ4v) is 1.72. The highest BCUT2D eigenvalue weighted by Gasteiger charge is 2.12. The minimum atomic E-state index is -0.489. The standard InChI is InChI=1S/C11H9FN6/c1-13-11-8(12)4-16-10(18-11)7-3-15-9-6(7)2-14-5-17-9/h2-5H,1H3,(H,13,16,18)(H,14,15,17). The van der Waals surface area contributed by atoms with Crippen molar-refractivity contribution in [3.63, 3.8) is 0 Å². The third-order valence-corrected chi connectivity index (χ3v) is 2.58. The molecule has 0 unspecified atom stereocenters.